The van der Waals surface area contributed by atoms with Crippen molar-refractivity contribution in [1.82, 2.24) is 4.31 Å². The molecular weight excluding hydrogens is 309 g/mol. The maximum atomic E-state index is 12.6. The second kappa shape index (κ2) is 5.87. The second-order valence-corrected chi connectivity index (χ2v) is 7.33. The van der Waals surface area contributed by atoms with Crippen molar-refractivity contribution >= 4 is 33.2 Å². The highest BCUT2D eigenvalue weighted by Gasteiger charge is 2.31. The molecule has 1 saturated heterocycles. The molecule has 1 fully saturated rings. The van der Waals surface area contributed by atoms with Crippen LogP contribution in [0.15, 0.2) is 23.1 Å². The predicted octanol–water partition coefficient (Wildman–Crippen LogP) is 2.74. The normalized spacial score (nSPS) is 18.5. The number of nitrogens with zero attached hydrogens (tertiary/aromatic N) is 1. The fraction of sp³-hybridized carbons (Fsp3) is 0.500. The Morgan fingerprint density at radius 1 is 1.32 bits per heavy atom. The molecule has 1 aromatic rings. The molecule has 0 radical (unpaired) electrons. The lowest BCUT2D eigenvalue weighted by Gasteiger charge is -2.28. The fourth-order valence-electron chi connectivity index (χ4n) is 2.06. The zero-order valence-electron chi connectivity index (χ0n) is 10.5. The summed E-state index contributed by atoms with van der Waals surface area (Å²) in [5, 5.41) is 0.416. The summed E-state index contributed by atoms with van der Waals surface area (Å²) in [6.07, 6.45) is 1.31. The van der Waals surface area contributed by atoms with E-state index in [2.05, 4.69) is 0 Å². The van der Waals surface area contributed by atoms with E-state index >= 15 is 0 Å². The van der Waals surface area contributed by atoms with Crippen molar-refractivity contribution in [3.8, 4) is 5.75 Å². The van der Waals surface area contributed by atoms with E-state index in [-0.39, 0.29) is 10.3 Å². The summed E-state index contributed by atoms with van der Waals surface area (Å²) in [4.78, 5) is 0.107. The van der Waals surface area contributed by atoms with E-state index in [0.29, 0.717) is 36.7 Å². The van der Waals surface area contributed by atoms with Crippen molar-refractivity contribution in [2.75, 3.05) is 20.2 Å². The molecule has 106 valence electrons. The molecule has 1 aliphatic rings. The van der Waals surface area contributed by atoms with Gasteiger partial charge >= 0.3 is 0 Å². The van der Waals surface area contributed by atoms with Crippen molar-refractivity contribution in [2.45, 2.75) is 23.1 Å². The molecule has 0 aromatic heterocycles. The zero-order valence-corrected chi connectivity index (χ0v) is 12.8. The number of hydrogen-bond acceptors (Lipinski definition) is 3. The van der Waals surface area contributed by atoms with Crippen molar-refractivity contribution < 1.29 is 13.2 Å². The smallest absolute Gasteiger partial charge is 0.246 e. The van der Waals surface area contributed by atoms with Gasteiger partial charge in [-0.25, -0.2) is 8.42 Å². The number of sulfonamides is 1. The molecule has 0 spiro atoms. The molecule has 0 aliphatic carbocycles. The average molecular weight is 324 g/mol. The van der Waals surface area contributed by atoms with E-state index in [1.165, 1.54) is 17.5 Å². The largest absolute Gasteiger partial charge is 0.495 e. The van der Waals surface area contributed by atoms with Crippen LogP contribution in [-0.4, -0.2) is 38.3 Å². The summed E-state index contributed by atoms with van der Waals surface area (Å²) in [5.74, 6) is 0.303. The van der Waals surface area contributed by atoms with E-state index in [4.69, 9.17) is 27.9 Å². The van der Waals surface area contributed by atoms with Crippen molar-refractivity contribution in [3.05, 3.63) is 23.2 Å². The van der Waals surface area contributed by atoms with Gasteiger partial charge < -0.3 is 4.74 Å². The zero-order chi connectivity index (χ0) is 14.0. The van der Waals surface area contributed by atoms with E-state index in [1.807, 2.05) is 0 Å². The molecule has 0 amide bonds. The Hall–Kier alpha value is -0.490. The molecular formula is C12H15Cl2NO3S. The minimum Gasteiger partial charge on any atom is -0.495 e. The van der Waals surface area contributed by atoms with Crippen LogP contribution in [-0.2, 0) is 10.0 Å². The fourth-order valence-corrected chi connectivity index (χ4v) is 4.14. The Balaban J connectivity index is 2.36. The first-order valence-corrected chi connectivity index (χ1v) is 8.18. The molecule has 7 heteroatoms. The van der Waals surface area contributed by atoms with Gasteiger partial charge in [-0.3, -0.25) is 0 Å². The molecule has 0 unspecified atom stereocenters. The van der Waals surface area contributed by atoms with Crippen molar-refractivity contribution in [1.29, 1.82) is 0 Å². The van der Waals surface area contributed by atoms with Crippen LogP contribution >= 0.6 is 23.2 Å². The van der Waals surface area contributed by atoms with Crippen LogP contribution in [0.3, 0.4) is 0 Å². The van der Waals surface area contributed by atoms with E-state index in [9.17, 15) is 8.42 Å². The van der Waals surface area contributed by atoms with Crippen LogP contribution < -0.4 is 4.74 Å². The van der Waals surface area contributed by atoms with Gasteiger partial charge in [-0.1, -0.05) is 11.6 Å². The van der Waals surface area contributed by atoms with Crippen LogP contribution in [0.1, 0.15) is 12.8 Å². The minimum atomic E-state index is -3.59. The van der Waals surface area contributed by atoms with Gasteiger partial charge in [0.25, 0.3) is 0 Å². The lowest BCUT2D eigenvalue weighted by atomic mass is 10.2. The van der Waals surface area contributed by atoms with Gasteiger partial charge in [-0.2, -0.15) is 4.31 Å². The SMILES string of the molecule is COc1ccc(Cl)cc1S(=O)(=O)N1CCC(Cl)CC1. The van der Waals surface area contributed by atoms with E-state index < -0.39 is 10.0 Å². The molecule has 1 heterocycles. The number of alkyl halides is 1. The third-order valence-corrected chi connectivity index (χ3v) is 5.72. The Labute approximate surface area is 123 Å². The van der Waals surface area contributed by atoms with Crippen molar-refractivity contribution in [3.63, 3.8) is 0 Å². The van der Waals surface area contributed by atoms with Crippen LogP contribution in [0.2, 0.25) is 5.02 Å². The highest BCUT2D eigenvalue weighted by Crippen LogP contribution is 2.31. The molecule has 4 nitrogen and oxygen atoms in total. The number of ether oxygens (including phenoxy) is 1. The van der Waals surface area contributed by atoms with Gasteiger partial charge in [0, 0.05) is 23.5 Å². The number of piperidine rings is 1. The number of hydrogen-bond donors (Lipinski definition) is 0. The molecule has 0 saturated carbocycles. The first-order valence-electron chi connectivity index (χ1n) is 5.93. The summed E-state index contributed by atoms with van der Waals surface area (Å²) in [6, 6.07) is 4.58. The summed E-state index contributed by atoms with van der Waals surface area (Å²) >= 11 is 11.9. The summed E-state index contributed by atoms with van der Waals surface area (Å²) in [7, 11) is -2.15. The standard InChI is InChI=1S/C12H15Cl2NO3S/c1-18-11-3-2-10(14)8-12(11)19(16,17)15-6-4-9(13)5-7-15/h2-3,8-9H,4-7H2,1H3. The Bertz CT molecular complexity index is 554. The minimum absolute atomic E-state index is 0.0488. The van der Waals surface area contributed by atoms with Crippen LogP contribution in [0, 0.1) is 0 Å². The summed E-state index contributed by atoms with van der Waals surface area (Å²) in [6.45, 7) is 0.846. The Morgan fingerprint density at radius 3 is 2.53 bits per heavy atom. The molecule has 19 heavy (non-hydrogen) atoms. The molecule has 0 N–H and O–H groups in total. The van der Waals surface area contributed by atoms with Crippen LogP contribution in [0.4, 0.5) is 0 Å². The predicted molar refractivity (Wildman–Crippen MR) is 75.6 cm³/mol. The number of benzene rings is 1. The van der Waals surface area contributed by atoms with Crippen LogP contribution in [0.5, 0.6) is 5.75 Å². The third kappa shape index (κ3) is 3.16. The van der Waals surface area contributed by atoms with Gasteiger partial charge in [-0.05, 0) is 31.0 Å². The van der Waals surface area contributed by atoms with Gasteiger partial charge in [-0.15, -0.1) is 11.6 Å². The number of halogens is 2. The maximum Gasteiger partial charge on any atom is 0.246 e. The quantitative estimate of drug-likeness (QED) is 0.803. The lowest BCUT2D eigenvalue weighted by Crippen LogP contribution is -2.38. The highest BCUT2D eigenvalue weighted by atomic mass is 35.5. The molecule has 1 aliphatic heterocycles. The summed E-state index contributed by atoms with van der Waals surface area (Å²) < 4.78 is 31.7. The molecule has 0 bridgehead atoms. The van der Waals surface area contributed by atoms with Gasteiger partial charge in [0.05, 0.1) is 7.11 Å². The summed E-state index contributed by atoms with van der Waals surface area (Å²) in [5.41, 5.74) is 0. The number of methoxy groups -OCH3 is 1. The molecule has 0 atom stereocenters. The average Bonchev–Trinajstić information content (AvgIpc) is 2.39. The number of rotatable bonds is 3. The molecule has 2 rings (SSSR count). The Kier molecular flexibility index (Phi) is 4.61. The highest BCUT2D eigenvalue weighted by molar-refractivity contribution is 7.89. The first-order chi connectivity index (χ1) is 8.95. The van der Waals surface area contributed by atoms with E-state index in [1.54, 1.807) is 12.1 Å². The maximum absolute atomic E-state index is 12.6. The van der Waals surface area contributed by atoms with Gasteiger partial charge in [0.2, 0.25) is 10.0 Å². The topological polar surface area (TPSA) is 46.6 Å². The molecule has 1 aromatic carbocycles. The monoisotopic (exact) mass is 323 g/mol. The van der Waals surface area contributed by atoms with E-state index in [0.717, 1.165) is 0 Å². The first kappa shape index (κ1) is 14.9. The Morgan fingerprint density at radius 2 is 1.95 bits per heavy atom. The second-order valence-electron chi connectivity index (χ2n) is 4.37. The van der Waals surface area contributed by atoms with Gasteiger partial charge in [0.15, 0.2) is 0 Å². The van der Waals surface area contributed by atoms with Crippen LogP contribution in [0.25, 0.3) is 0 Å². The van der Waals surface area contributed by atoms with Crippen molar-refractivity contribution in [2.24, 2.45) is 0 Å². The van der Waals surface area contributed by atoms with Gasteiger partial charge in [0.1, 0.15) is 10.6 Å². The lowest BCUT2D eigenvalue weighted by molar-refractivity contribution is 0.346. The third-order valence-electron chi connectivity index (χ3n) is 3.13.